The molecule has 0 aliphatic carbocycles. The molecule has 0 aromatic heterocycles. The smallest absolute Gasteiger partial charge is 0.462 e. The number of unbranched alkanes of at least 4 members (excludes halogenated alkanes) is 19. The average molecular weight is 871 g/mol. The Bertz CT molecular complexity index is 1170. The van der Waals surface area contributed by atoms with Crippen molar-refractivity contribution in [3.05, 3.63) is 36.5 Å². The second-order valence-corrected chi connectivity index (χ2v) is 18.5. The summed E-state index contributed by atoms with van der Waals surface area (Å²) in [6, 6.07) is 0. The highest BCUT2D eigenvalue weighted by Crippen LogP contribution is 2.43. The van der Waals surface area contributed by atoms with Gasteiger partial charge in [0.25, 0.3) is 0 Å². The molecule has 3 N–H and O–H groups in total. The molecule has 3 unspecified atom stereocenters. The molecule has 1 aliphatic rings. The lowest BCUT2D eigenvalue weighted by Gasteiger charge is -2.20. The number of allylic oxidation sites excluding steroid dienone is 4. The van der Waals surface area contributed by atoms with E-state index >= 15 is 0 Å². The third kappa shape index (κ3) is 36.8. The topological polar surface area (TPSA) is 161 Å². The van der Waals surface area contributed by atoms with Gasteiger partial charge < -0.3 is 29.3 Å². The van der Waals surface area contributed by atoms with E-state index in [1.54, 1.807) is 0 Å². The van der Waals surface area contributed by atoms with Crippen LogP contribution in [0.1, 0.15) is 201 Å². The van der Waals surface area contributed by atoms with Crippen molar-refractivity contribution in [2.45, 2.75) is 225 Å². The molecule has 11 nitrogen and oxygen atoms in total. The molecule has 0 radical (unpaired) electrons. The molecule has 0 saturated carbocycles. The van der Waals surface area contributed by atoms with E-state index in [-0.39, 0.29) is 31.7 Å². The molecule has 0 spiro atoms. The van der Waals surface area contributed by atoms with Gasteiger partial charge in [-0.05, 0) is 57.3 Å². The first-order chi connectivity index (χ1) is 29.1. The van der Waals surface area contributed by atoms with Crippen molar-refractivity contribution in [1.29, 1.82) is 0 Å². The largest absolute Gasteiger partial charge is 0.472 e. The normalized spacial score (nSPS) is 17.5. The quantitative estimate of drug-likeness (QED) is 0.0176. The van der Waals surface area contributed by atoms with E-state index in [1.807, 2.05) is 6.08 Å². The molecule has 0 bridgehead atoms. The number of hydrogen-bond donors (Lipinski definition) is 3. The average Bonchev–Trinajstić information content (AvgIpc) is 3.98. The van der Waals surface area contributed by atoms with Crippen LogP contribution in [0.4, 0.5) is 0 Å². The second-order valence-electron chi connectivity index (χ2n) is 17.0. The van der Waals surface area contributed by atoms with Crippen LogP contribution in [-0.2, 0) is 37.4 Å². The number of rotatable bonds is 43. The van der Waals surface area contributed by atoms with Gasteiger partial charge in [0.15, 0.2) is 6.10 Å². The van der Waals surface area contributed by atoms with Gasteiger partial charge in [0.1, 0.15) is 12.7 Å². The highest BCUT2D eigenvalue weighted by Gasteiger charge is 2.36. The Morgan fingerprint density at radius 3 is 1.72 bits per heavy atom. The molecule has 0 aromatic carbocycles. The molecular formula is C48H87O11P. The van der Waals surface area contributed by atoms with Crippen LogP contribution in [0.25, 0.3) is 0 Å². The van der Waals surface area contributed by atoms with Crippen LogP contribution in [0.15, 0.2) is 36.5 Å². The van der Waals surface area contributed by atoms with E-state index in [4.69, 9.17) is 28.4 Å². The van der Waals surface area contributed by atoms with Crippen molar-refractivity contribution in [1.82, 2.24) is 0 Å². The minimum Gasteiger partial charge on any atom is -0.462 e. The monoisotopic (exact) mass is 871 g/mol. The SMILES string of the molecule is CCCCC/C=C\C/C=C\CC1OC1C/C=C\CCCC(=O)OC[C@H](COP(=O)(O)OC[C@@H](O)CO)OC(=O)CCCCCCCCCCCCCCCCCCC(C)C. The predicted molar refractivity (Wildman–Crippen MR) is 242 cm³/mol. The van der Waals surface area contributed by atoms with Crippen LogP contribution in [0.2, 0.25) is 0 Å². The molecule has 1 fully saturated rings. The van der Waals surface area contributed by atoms with Crippen LogP contribution in [0.5, 0.6) is 0 Å². The maximum Gasteiger partial charge on any atom is 0.472 e. The molecule has 60 heavy (non-hydrogen) atoms. The van der Waals surface area contributed by atoms with Gasteiger partial charge in [-0.15, -0.1) is 0 Å². The summed E-state index contributed by atoms with van der Waals surface area (Å²) in [6.07, 6.45) is 41.4. The van der Waals surface area contributed by atoms with Gasteiger partial charge in [-0.1, -0.05) is 173 Å². The van der Waals surface area contributed by atoms with Crippen molar-refractivity contribution >= 4 is 19.8 Å². The fraction of sp³-hybridized carbons (Fsp3) is 0.833. The lowest BCUT2D eigenvalue weighted by molar-refractivity contribution is -0.161. The molecule has 12 heteroatoms. The number of aliphatic hydroxyl groups excluding tert-OH is 2. The third-order valence-corrected chi connectivity index (χ3v) is 11.6. The van der Waals surface area contributed by atoms with Crippen molar-refractivity contribution < 1.29 is 52.5 Å². The lowest BCUT2D eigenvalue weighted by Crippen LogP contribution is -2.29. The number of carbonyl (C=O) groups is 2. The van der Waals surface area contributed by atoms with Gasteiger partial charge in [0, 0.05) is 12.8 Å². The number of carbonyl (C=O) groups excluding carboxylic acids is 2. The van der Waals surface area contributed by atoms with E-state index in [2.05, 4.69) is 51.2 Å². The summed E-state index contributed by atoms with van der Waals surface area (Å²) in [5.74, 6) is -0.163. The van der Waals surface area contributed by atoms with Gasteiger partial charge in [0.05, 0.1) is 32.0 Å². The summed E-state index contributed by atoms with van der Waals surface area (Å²) in [6.45, 7) is 4.64. The summed E-state index contributed by atoms with van der Waals surface area (Å²) >= 11 is 0. The highest BCUT2D eigenvalue weighted by atomic mass is 31.2. The standard InChI is InChI=1S/C48H87O11P/c1-4-5-6-7-8-17-21-24-29-34-45-46(59-45)35-30-26-27-31-36-47(51)55-40-44(41-57-60(53,54)56-39-43(50)38-49)58-48(52)37-32-25-22-19-16-14-12-10-9-11-13-15-18-20-23-28-33-42(2)3/h8,17,24,26,29-30,42-46,49-50H,4-7,9-16,18-23,25,27-28,31-41H2,1-3H3,(H,53,54)/b17-8-,29-24-,30-26-/t43-,44+,45?,46?/m0/s1. The molecule has 1 rings (SSSR count). The van der Waals surface area contributed by atoms with Crippen molar-refractivity contribution in [3.63, 3.8) is 0 Å². The second kappa shape index (κ2) is 38.8. The maximum atomic E-state index is 12.7. The minimum absolute atomic E-state index is 0.159. The number of epoxide rings is 1. The summed E-state index contributed by atoms with van der Waals surface area (Å²) in [5, 5.41) is 18.4. The van der Waals surface area contributed by atoms with Crippen LogP contribution in [-0.4, -0.2) is 77.9 Å². The van der Waals surface area contributed by atoms with Crippen LogP contribution in [0.3, 0.4) is 0 Å². The summed E-state index contributed by atoms with van der Waals surface area (Å²) in [5.41, 5.74) is 0. The van der Waals surface area contributed by atoms with Gasteiger partial charge in [-0.2, -0.15) is 0 Å². The van der Waals surface area contributed by atoms with Gasteiger partial charge in [-0.25, -0.2) is 4.57 Å². The number of phosphoric ester groups is 1. The summed E-state index contributed by atoms with van der Waals surface area (Å²) < 4.78 is 38.5. The van der Waals surface area contributed by atoms with Crippen LogP contribution < -0.4 is 0 Å². The van der Waals surface area contributed by atoms with Gasteiger partial charge >= 0.3 is 19.8 Å². The first-order valence-corrected chi connectivity index (χ1v) is 25.4. The summed E-state index contributed by atoms with van der Waals surface area (Å²) in [7, 11) is -4.64. The highest BCUT2D eigenvalue weighted by molar-refractivity contribution is 7.47. The number of hydrogen-bond acceptors (Lipinski definition) is 10. The predicted octanol–water partition coefficient (Wildman–Crippen LogP) is 12.0. The molecule has 5 atom stereocenters. The van der Waals surface area contributed by atoms with Gasteiger partial charge in [0.2, 0.25) is 0 Å². The molecular weight excluding hydrogens is 783 g/mol. The third-order valence-electron chi connectivity index (χ3n) is 10.6. The van der Waals surface area contributed by atoms with Crippen molar-refractivity contribution in [3.8, 4) is 0 Å². The fourth-order valence-corrected chi connectivity index (χ4v) is 7.59. The van der Waals surface area contributed by atoms with Crippen molar-refractivity contribution in [2.24, 2.45) is 5.92 Å². The maximum absolute atomic E-state index is 12.7. The fourth-order valence-electron chi connectivity index (χ4n) is 6.80. The number of ether oxygens (including phenoxy) is 3. The Balaban J connectivity index is 2.24. The van der Waals surface area contributed by atoms with E-state index in [0.29, 0.717) is 19.3 Å². The van der Waals surface area contributed by atoms with E-state index in [1.165, 1.54) is 103 Å². The van der Waals surface area contributed by atoms with Crippen LogP contribution >= 0.6 is 7.82 Å². The molecule has 0 amide bonds. The van der Waals surface area contributed by atoms with Gasteiger partial charge in [-0.3, -0.25) is 18.6 Å². The Labute approximate surface area is 365 Å². The van der Waals surface area contributed by atoms with E-state index < -0.39 is 51.8 Å². The van der Waals surface area contributed by atoms with Crippen LogP contribution in [0, 0.1) is 5.92 Å². The zero-order chi connectivity index (χ0) is 43.9. The number of esters is 2. The zero-order valence-corrected chi connectivity index (χ0v) is 38.9. The van der Waals surface area contributed by atoms with Crippen molar-refractivity contribution in [2.75, 3.05) is 26.4 Å². The zero-order valence-electron chi connectivity index (χ0n) is 38.0. The first-order valence-electron chi connectivity index (χ1n) is 23.9. The minimum atomic E-state index is -4.64. The van der Waals surface area contributed by atoms with E-state index in [9.17, 15) is 24.2 Å². The number of aliphatic hydroxyl groups is 2. The lowest BCUT2D eigenvalue weighted by atomic mass is 10.0. The molecule has 0 aromatic rings. The Morgan fingerprint density at radius 2 is 1.13 bits per heavy atom. The van der Waals surface area contributed by atoms with E-state index in [0.717, 1.165) is 50.9 Å². The number of phosphoric acid groups is 1. The molecule has 1 aliphatic heterocycles. The molecule has 1 saturated heterocycles. The Morgan fingerprint density at radius 1 is 0.633 bits per heavy atom. The Kier molecular flexibility index (Phi) is 36.3. The first kappa shape index (κ1) is 56.2. The Hall–Kier alpha value is -1.85. The summed E-state index contributed by atoms with van der Waals surface area (Å²) in [4.78, 5) is 35.1. The molecule has 350 valence electrons. The molecule has 1 heterocycles.